The molecule has 92 valence electrons. The summed E-state index contributed by atoms with van der Waals surface area (Å²) in [5.41, 5.74) is 2.45. The van der Waals surface area contributed by atoms with Crippen LogP contribution in [-0.2, 0) is 0 Å². The maximum atomic E-state index is 10.8. The minimum absolute atomic E-state index is 0.178. The molecule has 0 aliphatic heterocycles. The standard InChI is InChI=1S/C15H15NO2/c17-16(18)13-5-3-4-12(10-13)15-7-2-1-6-14(15)11-8-9-11/h1-5,7,10-11,14H,6,8-9H2. The van der Waals surface area contributed by atoms with E-state index >= 15 is 0 Å². The molecule has 0 N–H and O–H groups in total. The van der Waals surface area contributed by atoms with E-state index in [9.17, 15) is 10.1 Å². The van der Waals surface area contributed by atoms with Crippen molar-refractivity contribution in [2.24, 2.45) is 11.8 Å². The summed E-state index contributed by atoms with van der Waals surface area (Å²) in [4.78, 5) is 10.5. The molecule has 1 saturated carbocycles. The van der Waals surface area contributed by atoms with Crippen LogP contribution >= 0.6 is 0 Å². The predicted octanol–water partition coefficient (Wildman–Crippen LogP) is 3.96. The zero-order valence-electron chi connectivity index (χ0n) is 10.1. The predicted molar refractivity (Wildman–Crippen MR) is 71.0 cm³/mol. The number of nitro groups is 1. The molecule has 1 atom stereocenters. The van der Waals surface area contributed by atoms with Crippen molar-refractivity contribution in [1.29, 1.82) is 0 Å². The fourth-order valence-corrected chi connectivity index (χ4v) is 2.70. The minimum atomic E-state index is -0.325. The third-order valence-electron chi connectivity index (χ3n) is 3.78. The van der Waals surface area contributed by atoms with E-state index in [2.05, 4.69) is 18.2 Å². The molecule has 0 spiro atoms. The minimum Gasteiger partial charge on any atom is -0.258 e. The first-order valence-corrected chi connectivity index (χ1v) is 6.37. The second-order valence-corrected chi connectivity index (χ2v) is 5.04. The molecule has 0 radical (unpaired) electrons. The fourth-order valence-electron chi connectivity index (χ4n) is 2.70. The highest BCUT2D eigenvalue weighted by Crippen LogP contribution is 2.46. The van der Waals surface area contributed by atoms with Crippen LogP contribution in [0.4, 0.5) is 5.69 Å². The van der Waals surface area contributed by atoms with E-state index in [1.807, 2.05) is 6.07 Å². The smallest absolute Gasteiger partial charge is 0.258 e. The van der Waals surface area contributed by atoms with Gasteiger partial charge in [0, 0.05) is 12.1 Å². The van der Waals surface area contributed by atoms with E-state index in [0.717, 1.165) is 17.9 Å². The van der Waals surface area contributed by atoms with Gasteiger partial charge in [-0.05, 0) is 42.2 Å². The summed E-state index contributed by atoms with van der Waals surface area (Å²) in [5, 5.41) is 10.8. The Morgan fingerprint density at radius 2 is 2.11 bits per heavy atom. The fraction of sp³-hybridized carbons (Fsp3) is 0.333. The molecule has 3 nitrogen and oxygen atoms in total. The average molecular weight is 241 g/mol. The molecule has 0 heterocycles. The van der Waals surface area contributed by atoms with Crippen molar-refractivity contribution in [2.75, 3.05) is 0 Å². The average Bonchev–Trinajstić information content (AvgIpc) is 3.23. The summed E-state index contributed by atoms with van der Waals surface area (Å²) in [7, 11) is 0. The number of non-ortho nitro benzene ring substituents is 1. The SMILES string of the molecule is O=[N+]([O-])c1cccc(C2=CC=CCC2C2CC2)c1. The summed E-state index contributed by atoms with van der Waals surface area (Å²) < 4.78 is 0. The molecular weight excluding hydrogens is 226 g/mol. The first kappa shape index (κ1) is 11.2. The van der Waals surface area contributed by atoms with Gasteiger partial charge in [-0.15, -0.1) is 0 Å². The van der Waals surface area contributed by atoms with Crippen molar-refractivity contribution < 1.29 is 4.92 Å². The van der Waals surface area contributed by atoms with E-state index in [0.29, 0.717) is 5.92 Å². The zero-order chi connectivity index (χ0) is 12.5. The molecule has 0 bridgehead atoms. The summed E-state index contributed by atoms with van der Waals surface area (Å²) >= 11 is 0. The number of allylic oxidation sites excluding steroid dienone is 4. The first-order chi connectivity index (χ1) is 8.75. The molecule has 1 aromatic rings. The van der Waals surface area contributed by atoms with Gasteiger partial charge in [0.05, 0.1) is 4.92 Å². The van der Waals surface area contributed by atoms with Crippen LogP contribution in [0.1, 0.15) is 24.8 Å². The zero-order valence-corrected chi connectivity index (χ0v) is 10.1. The van der Waals surface area contributed by atoms with Gasteiger partial charge in [-0.1, -0.05) is 30.4 Å². The van der Waals surface area contributed by atoms with E-state index in [-0.39, 0.29) is 10.6 Å². The molecule has 0 amide bonds. The van der Waals surface area contributed by atoms with Crippen molar-refractivity contribution in [3.63, 3.8) is 0 Å². The molecule has 2 aliphatic carbocycles. The molecule has 2 aliphatic rings. The van der Waals surface area contributed by atoms with Crippen molar-refractivity contribution in [2.45, 2.75) is 19.3 Å². The number of hydrogen-bond acceptors (Lipinski definition) is 2. The molecule has 1 unspecified atom stereocenters. The van der Waals surface area contributed by atoms with Crippen LogP contribution in [0, 0.1) is 22.0 Å². The number of benzene rings is 1. The molecular formula is C15H15NO2. The van der Waals surface area contributed by atoms with Gasteiger partial charge >= 0.3 is 0 Å². The van der Waals surface area contributed by atoms with Gasteiger partial charge in [0.2, 0.25) is 0 Å². The Morgan fingerprint density at radius 1 is 1.28 bits per heavy atom. The second kappa shape index (κ2) is 4.41. The number of rotatable bonds is 3. The van der Waals surface area contributed by atoms with Crippen LogP contribution in [0.2, 0.25) is 0 Å². The highest BCUT2D eigenvalue weighted by molar-refractivity contribution is 5.72. The normalized spacial score (nSPS) is 22.7. The van der Waals surface area contributed by atoms with Gasteiger partial charge in [-0.3, -0.25) is 10.1 Å². The van der Waals surface area contributed by atoms with E-state index in [1.165, 1.54) is 18.4 Å². The third kappa shape index (κ3) is 2.08. The van der Waals surface area contributed by atoms with Gasteiger partial charge in [-0.2, -0.15) is 0 Å². The highest BCUT2D eigenvalue weighted by Gasteiger charge is 2.34. The van der Waals surface area contributed by atoms with E-state index < -0.39 is 0 Å². The number of hydrogen-bond donors (Lipinski definition) is 0. The lowest BCUT2D eigenvalue weighted by atomic mass is 9.83. The van der Waals surface area contributed by atoms with Crippen LogP contribution < -0.4 is 0 Å². The monoisotopic (exact) mass is 241 g/mol. The number of nitrogens with zero attached hydrogens (tertiary/aromatic N) is 1. The van der Waals surface area contributed by atoms with Crippen molar-refractivity contribution in [3.05, 3.63) is 58.2 Å². The largest absolute Gasteiger partial charge is 0.270 e. The third-order valence-corrected chi connectivity index (χ3v) is 3.78. The van der Waals surface area contributed by atoms with Crippen LogP contribution in [0.15, 0.2) is 42.5 Å². The first-order valence-electron chi connectivity index (χ1n) is 6.37. The Balaban J connectivity index is 1.96. The molecule has 18 heavy (non-hydrogen) atoms. The summed E-state index contributed by atoms with van der Waals surface area (Å²) in [6.07, 6.45) is 10.0. The Hall–Kier alpha value is -1.90. The summed E-state index contributed by atoms with van der Waals surface area (Å²) in [5.74, 6) is 1.33. The molecule has 1 fully saturated rings. The maximum Gasteiger partial charge on any atom is 0.270 e. The van der Waals surface area contributed by atoms with Gasteiger partial charge in [0.1, 0.15) is 0 Å². The highest BCUT2D eigenvalue weighted by atomic mass is 16.6. The lowest BCUT2D eigenvalue weighted by molar-refractivity contribution is -0.384. The summed E-state index contributed by atoms with van der Waals surface area (Å²) in [6.45, 7) is 0. The quantitative estimate of drug-likeness (QED) is 0.593. The van der Waals surface area contributed by atoms with Gasteiger partial charge < -0.3 is 0 Å². The molecule has 0 aromatic heterocycles. The Labute approximate surface area is 106 Å². The maximum absolute atomic E-state index is 10.8. The van der Waals surface area contributed by atoms with E-state index in [4.69, 9.17) is 0 Å². The molecule has 0 saturated heterocycles. The van der Waals surface area contributed by atoms with Crippen molar-refractivity contribution in [1.82, 2.24) is 0 Å². The van der Waals surface area contributed by atoms with Crippen molar-refractivity contribution >= 4 is 11.3 Å². The van der Waals surface area contributed by atoms with Crippen LogP contribution in [0.25, 0.3) is 5.57 Å². The Bertz CT molecular complexity index is 541. The van der Waals surface area contributed by atoms with Crippen molar-refractivity contribution in [3.8, 4) is 0 Å². The second-order valence-electron chi connectivity index (χ2n) is 5.04. The van der Waals surface area contributed by atoms with Gasteiger partial charge in [0.25, 0.3) is 5.69 Å². The van der Waals surface area contributed by atoms with Gasteiger partial charge in [-0.25, -0.2) is 0 Å². The van der Waals surface area contributed by atoms with Crippen LogP contribution in [-0.4, -0.2) is 4.92 Å². The topological polar surface area (TPSA) is 43.1 Å². The lowest BCUT2D eigenvalue weighted by Gasteiger charge is -2.21. The Morgan fingerprint density at radius 3 is 2.83 bits per heavy atom. The van der Waals surface area contributed by atoms with Crippen LogP contribution in [0.3, 0.4) is 0 Å². The van der Waals surface area contributed by atoms with Gasteiger partial charge in [0.15, 0.2) is 0 Å². The van der Waals surface area contributed by atoms with Crippen LogP contribution in [0.5, 0.6) is 0 Å². The molecule has 1 aromatic carbocycles. The summed E-state index contributed by atoms with van der Waals surface area (Å²) in [6, 6.07) is 7.00. The molecule has 3 heteroatoms. The molecule has 3 rings (SSSR count). The Kier molecular flexibility index (Phi) is 2.74. The van der Waals surface area contributed by atoms with E-state index in [1.54, 1.807) is 18.2 Å². The lowest BCUT2D eigenvalue weighted by Crippen LogP contribution is -2.07. The number of nitro benzene ring substituents is 1.